The molecule has 1 aliphatic carbocycles. The largest absolute Gasteiger partial charge is 0.372 e. The Kier molecular flexibility index (Phi) is 6.53. The summed E-state index contributed by atoms with van der Waals surface area (Å²) < 4.78 is 21.9. The van der Waals surface area contributed by atoms with Gasteiger partial charge in [-0.25, -0.2) is 0 Å². The van der Waals surface area contributed by atoms with Gasteiger partial charge in [0.25, 0.3) is 0 Å². The Balaban J connectivity index is 1.02. The van der Waals surface area contributed by atoms with E-state index in [1.807, 2.05) is 0 Å². The van der Waals surface area contributed by atoms with Crippen LogP contribution in [-0.4, -0.2) is 99.9 Å². The fraction of sp³-hybridized carbons (Fsp3) is 1.00. The van der Waals surface area contributed by atoms with E-state index in [0.29, 0.717) is 24.4 Å². The van der Waals surface area contributed by atoms with Crippen LogP contribution >= 0.6 is 0 Å². The third-order valence-corrected chi connectivity index (χ3v) is 7.06. The maximum Gasteiger partial charge on any atom is 0.0936 e. The summed E-state index contributed by atoms with van der Waals surface area (Å²) in [6.45, 7) is 10.7. The smallest absolute Gasteiger partial charge is 0.0936 e. The first-order chi connectivity index (χ1) is 13.8. The second kappa shape index (κ2) is 9.27. The van der Waals surface area contributed by atoms with Crippen LogP contribution in [0.4, 0.5) is 0 Å². The Hall–Kier alpha value is -0.240. The molecule has 4 saturated heterocycles. The maximum absolute atomic E-state index is 5.46. The predicted molar refractivity (Wildman–Crippen MR) is 107 cm³/mol. The van der Waals surface area contributed by atoms with Crippen LogP contribution in [0.15, 0.2) is 0 Å². The third-order valence-electron chi connectivity index (χ3n) is 7.06. The molecule has 28 heavy (non-hydrogen) atoms. The van der Waals surface area contributed by atoms with E-state index in [9.17, 15) is 0 Å². The molecule has 1 saturated carbocycles. The van der Waals surface area contributed by atoms with Gasteiger partial charge in [-0.3, -0.25) is 9.80 Å². The Labute approximate surface area is 169 Å². The second-order valence-corrected chi connectivity index (χ2v) is 9.82. The molecule has 6 heteroatoms. The van der Waals surface area contributed by atoms with Crippen LogP contribution in [0.2, 0.25) is 0 Å². The molecule has 5 aliphatic rings. The molecular weight excluding hydrogens is 356 g/mol. The first kappa shape index (κ1) is 19.7. The van der Waals surface area contributed by atoms with Gasteiger partial charge in [0.05, 0.1) is 50.8 Å². The van der Waals surface area contributed by atoms with Crippen LogP contribution in [0, 0.1) is 11.8 Å². The summed E-state index contributed by atoms with van der Waals surface area (Å²) in [6, 6.07) is 0. The summed E-state index contributed by atoms with van der Waals surface area (Å²) in [5, 5.41) is 0. The lowest BCUT2D eigenvalue weighted by Crippen LogP contribution is -2.35. The maximum atomic E-state index is 5.46. The summed E-state index contributed by atoms with van der Waals surface area (Å²) in [4.78, 5) is 5.21. The first-order valence-electron chi connectivity index (χ1n) is 11.7. The number of epoxide rings is 4. The topological polar surface area (TPSA) is 56.6 Å². The standard InChI is InChI=1S/C22H38N2O4/c1-2-17(4-6-23(9-19-13-25-19)10-20-14-26-20)8-18(3-1)5-7-24(11-21-15-27-21)12-22-16-28-22/h17-22H,1-16H2. The highest BCUT2D eigenvalue weighted by molar-refractivity contribution is 4.83. The number of hydrogen-bond donors (Lipinski definition) is 0. The average Bonchev–Trinajstić information content (AvgIpc) is 3.55. The van der Waals surface area contributed by atoms with Crippen LogP contribution in [0.3, 0.4) is 0 Å². The monoisotopic (exact) mass is 394 g/mol. The van der Waals surface area contributed by atoms with Crippen LogP contribution in [0.1, 0.15) is 38.5 Å². The van der Waals surface area contributed by atoms with Crippen molar-refractivity contribution in [3.8, 4) is 0 Å². The van der Waals surface area contributed by atoms with Crippen LogP contribution in [-0.2, 0) is 18.9 Å². The summed E-state index contributed by atoms with van der Waals surface area (Å²) in [5.41, 5.74) is 0. The van der Waals surface area contributed by atoms with Gasteiger partial charge in [-0.15, -0.1) is 0 Å². The third kappa shape index (κ3) is 6.92. The van der Waals surface area contributed by atoms with E-state index in [0.717, 1.165) is 64.4 Å². The van der Waals surface area contributed by atoms with Crippen LogP contribution < -0.4 is 0 Å². The van der Waals surface area contributed by atoms with E-state index in [2.05, 4.69) is 9.80 Å². The molecule has 6 nitrogen and oxygen atoms in total. The average molecular weight is 395 g/mol. The van der Waals surface area contributed by atoms with E-state index in [-0.39, 0.29) is 0 Å². The van der Waals surface area contributed by atoms with Gasteiger partial charge >= 0.3 is 0 Å². The minimum Gasteiger partial charge on any atom is -0.372 e. The fourth-order valence-corrected chi connectivity index (χ4v) is 5.02. The molecule has 4 aliphatic heterocycles. The SMILES string of the molecule is C1CC(CCN(CC2CO2)CC2CO2)CC(CCN(CC2CO2)CC2CO2)C1. The van der Waals surface area contributed by atoms with Gasteiger partial charge < -0.3 is 18.9 Å². The molecule has 0 bridgehead atoms. The Bertz CT molecular complexity index is 421. The van der Waals surface area contributed by atoms with Crippen molar-refractivity contribution in [2.24, 2.45) is 11.8 Å². The highest BCUT2D eigenvalue weighted by Gasteiger charge is 2.33. The molecule has 5 fully saturated rings. The van der Waals surface area contributed by atoms with Gasteiger partial charge in [-0.2, -0.15) is 0 Å². The van der Waals surface area contributed by atoms with Crippen molar-refractivity contribution in [1.82, 2.24) is 9.80 Å². The van der Waals surface area contributed by atoms with Crippen LogP contribution in [0.5, 0.6) is 0 Å². The van der Waals surface area contributed by atoms with Crippen molar-refractivity contribution in [3.63, 3.8) is 0 Å². The summed E-state index contributed by atoms with van der Waals surface area (Å²) in [5.74, 6) is 1.82. The van der Waals surface area contributed by atoms with E-state index < -0.39 is 0 Å². The van der Waals surface area contributed by atoms with Crippen molar-refractivity contribution in [2.45, 2.75) is 62.9 Å². The highest BCUT2D eigenvalue weighted by Crippen LogP contribution is 2.34. The number of ether oxygens (including phenoxy) is 4. The molecule has 0 aromatic rings. The zero-order valence-corrected chi connectivity index (χ0v) is 17.3. The quantitative estimate of drug-likeness (QED) is 0.419. The molecule has 0 aromatic heterocycles. The molecule has 4 heterocycles. The zero-order valence-electron chi connectivity index (χ0n) is 17.3. The zero-order chi connectivity index (χ0) is 18.8. The van der Waals surface area contributed by atoms with Gasteiger partial charge in [0.1, 0.15) is 0 Å². The molecule has 6 unspecified atom stereocenters. The van der Waals surface area contributed by atoms with E-state index >= 15 is 0 Å². The molecule has 0 N–H and O–H groups in total. The lowest BCUT2D eigenvalue weighted by molar-refractivity contribution is 0.164. The second-order valence-electron chi connectivity index (χ2n) is 9.82. The van der Waals surface area contributed by atoms with Crippen molar-refractivity contribution in [3.05, 3.63) is 0 Å². The minimum atomic E-state index is 0.495. The van der Waals surface area contributed by atoms with E-state index in [1.165, 1.54) is 51.6 Å². The first-order valence-corrected chi connectivity index (χ1v) is 11.7. The van der Waals surface area contributed by atoms with Gasteiger partial charge in [-0.1, -0.05) is 19.3 Å². The lowest BCUT2D eigenvalue weighted by atomic mass is 9.78. The Morgan fingerprint density at radius 3 is 1.25 bits per heavy atom. The van der Waals surface area contributed by atoms with Gasteiger partial charge in [0.15, 0.2) is 0 Å². The molecule has 0 spiro atoms. The Morgan fingerprint density at radius 1 is 0.571 bits per heavy atom. The highest BCUT2D eigenvalue weighted by atomic mass is 16.6. The lowest BCUT2D eigenvalue weighted by Gasteiger charge is -2.32. The molecule has 5 rings (SSSR count). The normalized spacial score (nSPS) is 38.8. The minimum absolute atomic E-state index is 0.495. The van der Waals surface area contributed by atoms with Crippen molar-refractivity contribution >= 4 is 0 Å². The van der Waals surface area contributed by atoms with Gasteiger partial charge in [0.2, 0.25) is 0 Å². The number of hydrogen-bond acceptors (Lipinski definition) is 6. The Morgan fingerprint density at radius 2 is 0.929 bits per heavy atom. The van der Waals surface area contributed by atoms with Crippen molar-refractivity contribution in [1.29, 1.82) is 0 Å². The van der Waals surface area contributed by atoms with Gasteiger partial charge in [-0.05, 0) is 44.2 Å². The molecule has 0 amide bonds. The van der Waals surface area contributed by atoms with E-state index in [4.69, 9.17) is 18.9 Å². The molecule has 0 radical (unpaired) electrons. The van der Waals surface area contributed by atoms with E-state index in [1.54, 1.807) is 0 Å². The van der Waals surface area contributed by atoms with Crippen molar-refractivity contribution < 1.29 is 18.9 Å². The summed E-state index contributed by atoms with van der Waals surface area (Å²) in [7, 11) is 0. The fourth-order valence-electron chi connectivity index (χ4n) is 5.02. The molecule has 6 atom stereocenters. The van der Waals surface area contributed by atoms with Crippen LogP contribution in [0.25, 0.3) is 0 Å². The van der Waals surface area contributed by atoms with Crippen molar-refractivity contribution in [2.75, 3.05) is 65.7 Å². The molecular formula is C22H38N2O4. The molecule has 0 aromatic carbocycles. The predicted octanol–water partition coefficient (Wildman–Crippen LogP) is 1.77. The van der Waals surface area contributed by atoms with Gasteiger partial charge in [0, 0.05) is 26.2 Å². The molecule has 160 valence electrons. The summed E-state index contributed by atoms with van der Waals surface area (Å²) in [6.07, 6.45) is 10.4. The number of rotatable bonds is 14. The number of nitrogens with zero attached hydrogens (tertiary/aromatic N) is 2. The summed E-state index contributed by atoms with van der Waals surface area (Å²) >= 11 is 0.